The average Bonchev–Trinajstić information content (AvgIpc) is 3.17. The molecule has 3 aromatic rings. The molecule has 0 aliphatic heterocycles. The monoisotopic (exact) mass is 340 g/mol. The Bertz CT molecular complexity index is 929. The number of aryl methyl sites for hydroxylation is 3. The van der Waals surface area contributed by atoms with Crippen LogP contribution < -0.4 is 10.1 Å². The number of anilines is 1. The van der Waals surface area contributed by atoms with E-state index in [-0.39, 0.29) is 5.91 Å². The fourth-order valence-electron chi connectivity index (χ4n) is 2.94. The van der Waals surface area contributed by atoms with Crippen LogP contribution in [0, 0.1) is 0 Å². The Kier molecular flexibility index (Phi) is 3.57. The van der Waals surface area contributed by atoms with Gasteiger partial charge in [-0.15, -0.1) is 16.4 Å². The third-order valence-electron chi connectivity index (χ3n) is 4.04. The van der Waals surface area contributed by atoms with Crippen LogP contribution in [0.1, 0.15) is 20.8 Å². The minimum Gasteiger partial charge on any atom is -0.479 e. The number of carbonyl (C=O) groups is 1. The number of benzene rings is 1. The van der Waals surface area contributed by atoms with Gasteiger partial charge in [0.25, 0.3) is 5.91 Å². The van der Waals surface area contributed by atoms with Crippen molar-refractivity contribution in [3.63, 3.8) is 0 Å². The molecule has 0 bridgehead atoms. The number of fused-ring (bicyclic) bond motifs is 3. The van der Waals surface area contributed by atoms with Crippen molar-refractivity contribution in [2.75, 3.05) is 12.4 Å². The first-order valence-corrected chi connectivity index (χ1v) is 8.44. The summed E-state index contributed by atoms with van der Waals surface area (Å²) in [5.74, 6) is 0.0426. The predicted molar refractivity (Wildman–Crippen MR) is 92.7 cm³/mol. The fraction of sp³-hybridized carbons (Fsp3) is 0.235. The summed E-state index contributed by atoms with van der Waals surface area (Å²) in [4.78, 5) is 18.3. The van der Waals surface area contributed by atoms with Crippen LogP contribution in [0.25, 0.3) is 11.3 Å². The lowest BCUT2D eigenvalue weighted by Crippen LogP contribution is -2.12. The molecule has 6 nitrogen and oxygen atoms in total. The lowest BCUT2D eigenvalue weighted by atomic mass is 9.94. The maximum absolute atomic E-state index is 12.5. The van der Waals surface area contributed by atoms with Crippen molar-refractivity contribution in [1.82, 2.24) is 14.8 Å². The van der Waals surface area contributed by atoms with E-state index in [1.165, 1.54) is 28.9 Å². The molecule has 122 valence electrons. The van der Waals surface area contributed by atoms with E-state index in [1.807, 2.05) is 12.1 Å². The predicted octanol–water partition coefficient (Wildman–Crippen LogP) is 2.90. The lowest BCUT2D eigenvalue weighted by molar-refractivity contribution is 0.102. The van der Waals surface area contributed by atoms with Crippen molar-refractivity contribution in [3.05, 3.63) is 46.5 Å². The first kappa shape index (κ1) is 14.9. The highest BCUT2D eigenvalue weighted by atomic mass is 32.1. The molecule has 0 saturated carbocycles. The second-order valence-corrected chi connectivity index (χ2v) is 6.71. The maximum atomic E-state index is 12.5. The zero-order valence-corrected chi connectivity index (χ0v) is 14.2. The Morgan fingerprint density at radius 1 is 1.33 bits per heavy atom. The third-order valence-corrected chi connectivity index (χ3v) is 5.08. The first-order chi connectivity index (χ1) is 11.7. The molecule has 1 N–H and O–H groups in total. The van der Waals surface area contributed by atoms with E-state index in [4.69, 9.17) is 4.74 Å². The molecule has 7 heteroatoms. The largest absolute Gasteiger partial charge is 0.479 e. The van der Waals surface area contributed by atoms with Crippen molar-refractivity contribution in [2.45, 2.75) is 12.8 Å². The Balaban J connectivity index is 1.63. The van der Waals surface area contributed by atoms with Crippen LogP contribution in [-0.2, 0) is 19.9 Å². The number of ether oxygens (including phenoxy) is 1. The van der Waals surface area contributed by atoms with E-state index in [0.717, 1.165) is 24.1 Å². The zero-order valence-electron chi connectivity index (χ0n) is 13.4. The van der Waals surface area contributed by atoms with Gasteiger partial charge in [-0.25, -0.2) is 4.98 Å². The van der Waals surface area contributed by atoms with Crippen molar-refractivity contribution in [3.8, 4) is 17.1 Å². The Morgan fingerprint density at radius 2 is 2.17 bits per heavy atom. The Labute approximate surface area is 143 Å². The Morgan fingerprint density at radius 3 is 3.00 bits per heavy atom. The smallest absolute Gasteiger partial charge is 0.264 e. The summed E-state index contributed by atoms with van der Waals surface area (Å²) in [6.45, 7) is 0. The Hall–Kier alpha value is -2.67. The molecular weight excluding hydrogens is 324 g/mol. The molecule has 2 heterocycles. The summed E-state index contributed by atoms with van der Waals surface area (Å²) in [7, 11) is 3.25. The lowest BCUT2D eigenvalue weighted by Gasteiger charge is -2.13. The zero-order chi connectivity index (χ0) is 16.7. The molecule has 0 atom stereocenters. The van der Waals surface area contributed by atoms with Gasteiger partial charge in [0.15, 0.2) is 5.13 Å². The molecule has 4 rings (SSSR count). The van der Waals surface area contributed by atoms with E-state index >= 15 is 0 Å². The van der Waals surface area contributed by atoms with Gasteiger partial charge in [-0.05, 0) is 18.4 Å². The summed E-state index contributed by atoms with van der Waals surface area (Å²) < 4.78 is 6.70. The van der Waals surface area contributed by atoms with Crippen LogP contribution >= 0.6 is 11.3 Å². The van der Waals surface area contributed by atoms with E-state index in [1.54, 1.807) is 17.9 Å². The second kappa shape index (κ2) is 5.76. The van der Waals surface area contributed by atoms with Crippen LogP contribution in [0.2, 0.25) is 0 Å². The average molecular weight is 340 g/mol. The molecule has 1 aliphatic rings. The molecule has 24 heavy (non-hydrogen) atoms. The van der Waals surface area contributed by atoms with E-state index in [2.05, 4.69) is 27.5 Å². The van der Waals surface area contributed by atoms with Crippen LogP contribution in [-0.4, -0.2) is 27.8 Å². The highest BCUT2D eigenvalue weighted by Gasteiger charge is 2.23. The van der Waals surface area contributed by atoms with E-state index < -0.39 is 0 Å². The summed E-state index contributed by atoms with van der Waals surface area (Å²) in [6.07, 6.45) is 3.60. The number of nitrogens with zero attached hydrogens (tertiary/aromatic N) is 3. The molecule has 1 aromatic carbocycles. The number of rotatable bonds is 3. The van der Waals surface area contributed by atoms with Crippen molar-refractivity contribution in [1.29, 1.82) is 0 Å². The molecule has 0 spiro atoms. The SMILES string of the molecule is COc1nn(C)cc1C(=O)Nc1nc2c(s1)CCc1ccccc1-2. The first-order valence-electron chi connectivity index (χ1n) is 7.62. The highest BCUT2D eigenvalue weighted by molar-refractivity contribution is 7.16. The molecule has 0 radical (unpaired) electrons. The number of thiazole rings is 1. The standard InChI is InChI=1S/C17H16N4O2S/c1-21-9-12(16(20-21)23-2)15(22)19-17-18-14-11-6-4-3-5-10(11)7-8-13(14)24-17/h3-6,9H,7-8H2,1-2H3,(H,18,19,22). The molecule has 1 amide bonds. The van der Waals surface area contributed by atoms with Gasteiger partial charge in [0.2, 0.25) is 5.88 Å². The van der Waals surface area contributed by atoms with Crippen LogP contribution in [0.4, 0.5) is 5.13 Å². The maximum Gasteiger partial charge on any atom is 0.264 e. The molecule has 0 fully saturated rings. The molecule has 1 aliphatic carbocycles. The van der Waals surface area contributed by atoms with Gasteiger partial charge in [-0.2, -0.15) is 0 Å². The molecule has 0 saturated heterocycles. The van der Waals surface area contributed by atoms with Crippen molar-refractivity contribution in [2.24, 2.45) is 7.05 Å². The van der Waals surface area contributed by atoms with Crippen LogP contribution in [0.5, 0.6) is 5.88 Å². The number of nitrogens with one attached hydrogen (secondary N) is 1. The van der Waals surface area contributed by atoms with Gasteiger partial charge in [0.1, 0.15) is 5.56 Å². The van der Waals surface area contributed by atoms with Gasteiger partial charge in [0, 0.05) is 23.7 Å². The number of amides is 1. The van der Waals surface area contributed by atoms with Crippen molar-refractivity contribution < 1.29 is 9.53 Å². The van der Waals surface area contributed by atoms with Gasteiger partial charge in [-0.3, -0.25) is 14.8 Å². The van der Waals surface area contributed by atoms with Gasteiger partial charge in [0.05, 0.1) is 12.8 Å². The van der Waals surface area contributed by atoms with E-state index in [0.29, 0.717) is 16.6 Å². The van der Waals surface area contributed by atoms with E-state index in [9.17, 15) is 4.79 Å². The summed E-state index contributed by atoms with van der Waals surface area (Å²) >= 11 is 1.53. The summed E-state index contributed by atoms with van der Waals surface area (Å²) in [5.41, 5.74) is 3.85. The number of aromatic nitrogens is 3. The quantitative estimate of drug-likeness (QED) is 0.796. The summed E-state index contributed by atoms with van der Waals surface area (Å²) in [6, 6.07) is 8.29. The third kappa shape index (κ3) is 2.46. The minimum absolute atomic E-state index is 0.265. The number of carbonyl (C=O) groups excluding carboxylic acids is 1. The van der Waals surface area contributed by atoms with Gasteiger partial charge < -0.3 is 4.74 Å². The van der Waals surface area contributed by atoms with Crippen LogP contribution in [0.15, 0.2) is 30.5 Å². The van der Waals surface area contributed by atoms with Gasteiger partial charge >= 0.3 is 0 Å². The van der Waals surface area contributed by atoms with Crippen molar-refractivity contribution >= 4 is 22.4 Å². The normalized spacial score (nSPS) is 12.4. The molecule has 2 aromatic heterocycles. The minimum atomic E-state index is -0.265. The summed E-state index contributed by atoms with van der Waals surface area (Å²) in [5, 5.41) is 7.58. The topological polar surface area (TPSA) is 69.0 Å². The number of hydrogen-bond acceptors (Lipinski definition) is 5. The fourth-order valence-corrected chi connectivity index (χ4v) is 3.91. The van der Waals surface area contributed by atoms with Gasteiger partial charge in [-0.1, -0.05) is 24.3 Å². The number of methoxy groups -OCH3 is 1. The number of hydrogen-bond donors (Lipinski definition) is 1. The molecule has 0 unspecified atom stereocenters. The van der Waals surface area contributed by atoms with Crippen LogP contribution in [0.3, 0.4) is 0 Å². The highest BCUT2D eigenvalue weighted by Crippen LogP contribution is 2.38. The molecular formula is C17H16N4O2S. The second-order valence-electron chi connectivity index (χ2n) is 5.63.